The number of benzene rings is 2. The van der Waals surface area contributed by atoms with Gasteiger partial charge in [-0.2, -0.15) is 5.26 Å². The van der Waals surface area contributed by atoms with E-state index >= 15 is 0 Å². The van der Waals surface area contributed by atoms with Gasteiger partial charge in [0.25, 0.3) is 0 Å². The molecule has 0 amide bonds. The Balaban J connectivity index is 2.09. The zero-order chi connectivity index (χ0) is 13.7. The molecule has 0 aliphatic carbocycles. The van der Waals surface area contributed by atoms with Crippen molar-refractivity contribution in [1.82, 2.24) is 4.90 Å². The van der Waals surface area contributed by atoms with Crippen LogP contribution >= 0.6 is 0 Å². The van der Waals surface area contributed by atoms with E-state index in [0.29, 0.717) is 5.56 Å². The highest BCUT2D eigenvalue weighted by molar-refractivity contribution is 5.61. The van der Waals surface area contributed by atoms with Crippen molar-refractivity contribution in [1.29, 1.82) is 5.26 Å². The minimum atomic E-state index is 0.661. The summed E-state index contributed by atoms with van der Waals surface area (Å²) in [5, 5.41) is 12.2. The predicted molar refractivity (Wildman–Crippen MR) is 78.3 cm³/mol. The van der Waals surface area contributed by atoms with Gasteiger partial charge in [-0.05, 0) is 50.0 Å². The molecule has 0 fully saturated rings. The number of anilines is 2. The van der Waals surface area contributed by atoms with Gasteiger partial charge >= 0.3 is 0 Å². The molecule has 1 N–H and O–H groups in total. The van der Waals surface area contributed by atoms with Crippen LogP contribution in [0.3, 0.4) is 0 Å². The molecule has 0 bridgehead atoms. The SMILES string of the molecule is CN(C)Cc1ccc(Nc2cccc(C#N)c2)cc1. The summed E-state index contributed by atoms with van der Waals surface area (Å²) < 4.78 is 0. The van der Waals surface area contributed by atoms with Crippen molar-refractivity contribution in [2.45, 2.75) is 6.54 Å². The third kappa shape index (κ3) is 3.84. The fourth-order valence-electron chi connectivity index (χ4n) is 1.89. The molecular formula is C16H17N3. The summed E-state index contributed by atoms with van der Waals surface area (Å²) in [7, 11) is 4.11. The lowest BCUT2D eigenvalue weighted by Crippen LogP contribution is -2.10. The van der Waals surface area contributed by atoms with Crippen LogP contribution < -0.4 is 5.32 Å². The number of nitriles is 1. The third-order valence-electron chi connectivity index (χ3n) is 2.73. The van der Waals surface area contributed by atoms with Crippen LogP contribution in [0.25, 0.3) is 0 Å². The Morgan fingerprint density at radius 3 is 2.42 bits per heavy atom. The Morgan fingerprint density at radius 1 is 1.05 bits per heavy atom. The molecule has 2 aromatic carbocycles. The largest absolute Gasteiger partial charge is 0.355 e. The molecule has 3 nitrogen and oxygen atoms in total. The normalized spacial score (nSPS) is 10.2. The van der Waals surface area contributed by atoms with E-state index in [2.05, 4.69) is 54.6 Å². The molecule has 2 aromatic rings. The molecule has 0 atom stereocenters. The average molecular weight is 251 g/mol. The Morgan fingerprint density at radius 2 is 1.79 bits per heavy atom. The molecule has 0 aromatic heterocycles. The summed E-state index contributed by atoms with van der Waals surface area (Å²) in [6.07, 6.45) is 0. The van der Waals surface area contributed by atoms with Crippen LogP contribution in [-0.2, 0) is 6.54 Å². The van der Waals surface area contributed by atoms with E-state index < -0.39 is 0 Å². The van der Waals surface area contributed by atoms with Gasteiger partial charge in [0, 0.05) is 17.9 Å². The van der Waals surface area contributed by atoms with Crippen LogP contribution in [0.5, 0.6) is 0 Å². The molecule has 96 valence electrons. The van der Waals surface area contributed by atoms with Crippen molar-refractivity contribution < 1.29 is 0 Å². The summed E-state index contributed by atoms with van der Waals surface area (Å²) >= 11 is 0. The first-order valence-corrected chi connectivity index (χ1v) is 6.18. The van der Waals surface area contributed by atoms with Gasteiger partial charge in [0.15, 0.2) is 0 Å². The van der Waals surface area contributed by atoms with Gasteiger partial charge in [-0.15, -0.1) is 0 Å². The molecule has 2 rings (SSSR count). The molecule has 0 spiro atoms. The number of hydrogen-bond donors (Lipinski definition) is 1. The predicted octanol–water partition coefficient (Wildman–Crippen LogP) is 3.36. The van der Waals surface area contributed by atoms with Gasteiger partial charge in [0.05, 0.1) is 11.6 Å². The standard InChI is InChI=1S/C16H17N3/c1-19(2)12-13-6-8-15(9-7-13)18-16-5-3-4-14(10-16)11-17/h3-10,18H,12H2,1-2H3. The Hall–Kier alpha value is -2.31. The second-order valence-electron chi connectivity index (χ2n) is 4.75. The lowest BCUT2D eigenvalue weighted by Gasteiger charge is -2.11. The van der Waals surface area contributed by atoms with E-state index in [0.717, 1.165) is 17.9 Å². The molecule has 0 radical (unpaired) electrons. The van der Waals surface area contributed by atoms with Crippen LogP contribution in [0.4, 0.5) is 11.4 Å². The lowest BCUT2D eigenvalue weighted by atomic mass is 10.2. The van der Waals surface area contributed by atoms with Gasteiger partial charge in [-0.1, -0.05) is 18.2 Å². The first-order valence-electron chi connectivity index (χ1n) is 6.18. The Kier molecular flexibility index (Phi) is 4.17. The quantitative estimate of drug-likeness (QED) is 0.905. The Bertz CT molecular complexity index is 580. The van der Waals surface area contributed by atoms with E-state index in [9.17, 15) is 0 Å². The summed E-state index contributed by atoms with van der Waals surface area (Å²) in [4.78, 5) is 2.14. The highest BCUT2D eigenvalue weighted by atomic mass is 15.0. The maximum Gasteiger partial charge on any atom is 0.0992 e. The molecule has 0 heterocycles. The highest BCUT2D eigenvalue weighted by Gasteiger charge is 1.98. The molecule has 0 aliphatic heterocycles. The second-order valence-corrected chi connectivity index (χ2v) is 4.75. The van der Waals surface area contributed by atoms with Crippen molar-refractivity contribution >= 4 is 11.4 Å². The van der Waals surface area contributed by atoms with Gasteiger partial charge in [0.1, 0.15) is 0 Å². The fourth-order valence-corrected chi connectivity index (χ4v) is 1.89. The van der Waals surface area contributed by atoms with Crippen LogP contribution in [0.15, 0.2) is 48.5 Å². The zero-order valence-electron chi connectivity index (χ0n) is 11.2. The second kappa shape index (κ2) is 6.03. The van der Waals surface area contributed by atoms with E-state index in [-0.39, 0.29) is 0 Å². The fraction of sp³-hybridized carbons (Fsp3) is 0.188. The minimum absolute atomic E-state index is 0.661. The molecule has 0 aliphatic rings. The van der Waals surface area contributed by atoms with Crippen molar-refractivity contribution in [3.8, 4) is 6.07 Å². The van der Waals surface area contributed by atoms with Crippen LogP contribution in [0.2, 0.25) is 0 Å². The van der Waals surface area contributed by atoms with E-state index in [4.69, 9.17) is 5.26 Å². The number of rotatable bonds is 4. The molecule has 0 saturated carbocycles. The lowest BCUT2D eigenvalue weighted by molar-refractivity contribution is 0.402. The van der Waals surface area contributed by atoms with Crippen molar-refractivity contribution in [3.05, 3.63) is 59.7 Å². The maximum absolute atomic E-state index is 8.87. The summed E-state index contributed by atoms with van der Waals surface area (Å²) in [5.74, 6) is 0. The van der Waals surface area contributed by atoms with Crippen LogP contribution in [0.1, 0.15) is 11.1 Å². The van der Waals surface area contributed by atoms with Crippen molar-refractivity contribution in [2.24, 2.45) is 0 Å². The molecule has 3 heteroatoms. The van der Waals surface area contributed by atoms with Crippen molar-refractivity contribution in [3.63, 3.8) is 0 Å². The van der Waals surface area contributed by atoms with E-state index in [1.54, 1.807) is 6.07 Å². The van der Waals surface area contributed by atoms with Gasteiger partial charge < -0.3 is 10.2 Å². The summed E-state index contributed by atoms with van der Waals surface area (Å²) in [6.45, 7) is 0.935. The third-order valence-corrected chi connectivity index (χ3v) is 2.73. The maximum atomic E-state index is 8.87. The highest BCUT2D eigenvalue weighted by Crippen LogP contribution is 2.18. The van der Waals surface area contributed by atoms with Gasteiger partial charge in [-0.25, -0.2) is 0 Å². The minimum Gasteiger partial charge on any atom is -0.355 e. The number of nitrogens with one attached hydrogen (secondary N) is 1. The molecule has 0 saturated heterocycles. The van der Waals surface area contributed by atoms with E-state index in [1.807, 2.05) is 18.2 Å². The van der Waals surface area contributed by atoms with Crippen molar-refractivity contribution in [2.75, 3.05) is 19.4 Å². The van der Waals surface area contributed by atoms with E-state index in [1.165, 1.54) is 5.56 Å². The summed E-state index contributed by atoms with van der Waals surface area (Å²) in [5.41, 5.74) is 3.90. The molecular weight excluding hydrogens is 234 g/mol. The van der Waals surface area contributed by atoms with Gasteiger partial charge in [-0.3, -0.25) is 0 Å². The van der Waals surface area contributed by atoms with Crippen LogP contribution in [0, 0.1) is 11.3 Å². The smallest absolute Gasteiger partial charge is 0.0992 e. The molecule has 19 heavy (non-hydrogen) atoms. The van der Waals surface area contributed by atoms with Crippen LogP contribution in [-0.4, -0.2) is 19.0 Å². The summed E-state index contributed by atoms with van der Waals surface area (Å²) in [6, 6.07) is 17.9. The zero-order valence-corrected chi connectivity index (χ0v) is 11.2. The monoisotopic (exact) mass is 251 g/mol. The topological polar surface area (TPSA) is 39.1 Å². The Labute approximate surface area is 114 Å². The first kappa shape index (κ1) is 13.1. The average Bonchev–Trinajstić information content (AvgIpc) is 2.41. The number of hydrogen-bond acceptors (Lipinski definition) is 3. The number of nitrogens with zero attached hydrogens (tertiary/aromatic N) is 2. The first-order chi connectivity index (χ1) is 9.17. The molecule has 0 unspecified atom stereocenters. The van der Waals surface area contributed by atoms with Gasteiger partial charge in [0.2, 0.25) is 0 Å².